The van der Waals surface area contributed by atoms with E-state index in [0.29, 0.717) is 11.4 Å². The second-order valence-electron chi connectivity index (χ2n) is 5.03. The predicted molar refractivity (Wildman–Crippen MR) is 81.1 cm³/mol. The Morgan fingerprint density at radius 2 is 1.65 bits per heavy atom. The van der Waals surface area contributed by atoms with Gasteiger partial charge in [0.1, 0.15) is 0 Å². The lowest BCUT2D eigenvalue weighted by Gasteiger charge is -2.08. The Hall–Kier alpha value is -1.65. The van der Waals surface area contributed by atoms with Crippen molar-refractivity contribution in [2.75, 3.05) is 0 Å². The number of hydrogen-bond acceptors (Lipinski definition) is 3. The van der Waals surface area contributed by atoms with Crippen molar-refractivity contribution in [3.8, 4) is 0 Å². The zero-order valence-corrected chi connectivity index (χ0v) is 12.6. The highest BCUT2D eigenvalue weighted by Crippen LogP contribution is 2.20. The SMILES string of the molecule is Cc1ccc(S(=O)(=O)Cc2cccc(CN)c2)cc1C. The molecule has 0 radical (unpaired) electrons. The Bertz CT molecular complexity index is 721. The lowest BCUT2D eigenvalue weighted by molar-refractivity contribution is 0.595. The molecule has 0 unspecified atom stereocenters. The van der Waals surface area contributed by atoms with Crippen molar-refractivity contribution in [3.63, 3.8) is 0 Å². The Morgan fingerprint density at radius 1 is 0.950 bits per heavy atom. The summed E-state index contributed by atoms with van der Waals surface area (Å²) in [7, 11) is -3.32. The number of benzene rings is 2. The third kappa shape index (κ3) is 3.26. The maximum absolute atomic E-state index is 12.4. The molecule has 0 saturated carbocycles. The summed E-state index contributed by atoms with van der Waals surface area (Å²) >= 11 is 0. The van der Waals surface area contributed by atoms with Crippen LogP contribution in [0.15, 0.2) is 47.4 Å². The summed E-state index contributed by atoms with van der Waals surface area (Å²) in [5.41, 5.74) is 9.37. The fourth-order valence-electron chi connectivity index (χ4n) is 2.06. The van der Waals surface area contributed by atoms with Gasteiger partial charge in [0, 0.05) is 6.54 Å². The van der Waals surface area contributed by atoms with Crippen LogP contribution in [-0.2, 0) is 22.1 Å². The van der Waals surface area contributed by atoms with E-state index >= 15 is 0 Å². The highest BCUT2D eigenvalue weighted by molar-refractivity contribution is 7.90. The second kappa shape index (κ2) is 5.77. The van der Waals surface area contributed by atoms with Crippen molar-refractivity contribution in [2.45, 2.75) is 31.0 Å². The molecule has 0 bridgehead atoms. The molecule has 3 nitrogen and oxygen atoms in total. The number of rotatable bonds is 4. The van der Waals surface area contributed by atoms with Gasteiger partial charge in [0.15, 0.2) is 9.84 Å². The monoisotopic (exact) mass is 289 g/mol. The summed E-state index contributed by atoms with van der Waals surface area (Å²) in [5, 5.41) is 0. The first kappa shape index (κ1) is 14.8. The molecular formula is C16H19NO2S. The van der Waals surface area contributed by atoms with E-state index in [-0.39, 0.29) is 5.75 Å². The fourth-order valence-corrected chi connectivity index (χ4v) is 3.47. The minimum Gasteiger partial charge on any atom is -0.326 e. The minimum absolute atomic E-state index is 0.00331. The molecule has 4 heteroatoms. The van der Waals surface area contributed by atoms with Gasteiger partial charge >= 0.3 is 0 Å². The van der Waals surface area contributed by atoms with Crippen LogP contribution in [0.4, 0.5) is 0 Å². The molecule has 2 N–H and O–H groups in total. The van der Waals surface area contributed by atoms with Crippen molar-refractivity contribution < 1.29 is 8.42 Å². The maximum atomic E-state index is 12.4. The summed E-state index contributed by atoms with van der Waals surface area (Å²) in [6.07, 6.45) is 0. The van der Waals surface area contributed by atoms with Crippen LogP contribution >= 0.6 is 0 Å². The quantitative estimate of drug-likeness (QED) is 0.941. The Morgan fingerprint density at radius 3 is 2.30 bits per heavy atom. The topological polar surface area (TPSA) is 60.2 Å². The van der Waals surface area contributed by atoms with Crippen LogP contribution in [0.3, 0.4) is 0 Å². The highest BCUT2D eigenvalue weighted by atomic mass is 32.2. The Balaban J connectivity index is 2.32. The molecule has 0 atom stereocenters. The molecule has 2 aromatic carbocycles. The van der Waals surface area contributed by atoms with Crippen LogP contribution in [0.1, 0.15) is 22.3 Å². The fraction of sp³-hybridized carbons (Fsp3) is 0.250. The van der Waals surface area contributed by atoms with E-state index < -0.39 is 9.84 Å². The molecule has 20 heavy (non-hydrogen) atoms. The summed E-state index contributed by atoms with van der Waals surface area (Å²) in [6.45, 7) is 4.30. The summed E-state index contributed by atoms with van der Waals surface area (Å²) < 4.78 is 24.9. The molecule has 0 aliphatic rings. The number of hydrogen-bond donors (Lipinski definition) is 1. The molecule has 0 aromatic heterocycles. The molecule has 2 aromatic rings. The van der Waals surface area contributed by atoms with Crippen molar-refractivity contribution >= 4 is 9.84 Å². The first-order valence-electron chi connectivity index (χ1n) is 6.50. The number of nitrogens with two attached hydrogens (primary N) is 1. The predicted octanol–water partition coefficient (Wildman–Crippen LogP) is 2.74. The standard InChI is InChI=1S/C16H19NO2S/c1-12-6-7-16(8-13(12)2)20(18,19)11-15-5-3-4-14(9-15)10-17/h3-9H,10-11,17H2,1-2H3. The summed E-state index contributed by atoms with van der Waals surface area (Å²) in [5.74, 6) is 0.00331. The largest absolute Gasteiger partial charge is 0.326 e. The number of sulfone groups is 1. The first-order valence-corrected chi connectivity index (χ1v) is 8.15. The molecule has 0 heterocycles. The Labute approximate surface area is 120 Å². The molecule has 0 amide bonds. The van der Waals surface area contributed by atoms with E-state index in [9.17, 15) is 8.42 Å². The lowest BCUT2D eigenvalue weighted by atomic mass is 10.1. The molecule has 2 rings (SSSR count). The molecule has 0 saturated heterocycles. The average molecular weight is 289 g/mol. The van der Waals surface area contributed by atoms with Crippen LogP contribution in [0.5, 0.6) is 0 Å². The van der Waals surface area contributed by atoms with Gasteiger partial charge in [0.2, 0.25) is 0 Å². The normalized spacial score (nSPS) is 11.6. The van der Waals surface area contributed by atoms with Gasteiger partial charge in [-0.3, -0.25) is 0 Å². The van der Waals surface area contributed by atoms with Gasteiger partial charge in [-0.05, 0) is 48.2 Å². The molecule has 0 aliphatic heterocycles. The average Bonchev–Trinajstić information content (AvgIpc) is 2.41. The zero-order valence-electron chi connectivity index (χ0n) is 11.8. The van der Waals surface area contributed by atoms with Crippen LogP contribution in [0.2, 0.25) is 0 Å². The first-order chi connectivity index (χ1) is 9.42. The van der Waals surface area contributed by atoms with E-state index in [0.717, 1.165) is 22.3 Å². The molecule has 0 spiro atoms. The van der Waals surface area contributed by atoms with E-state index in [1.165, 1.54) is 0 Å². The van der Waals surface area contributed by atoms with Gasteiger partial charge in [0.25, 0.3) is 0 Å². The van der Waals surface area contributed by atoms with Gasteiger partial charge in [0.05, 0.1) is 10.6 Å². The van der Waals surface area contributed by atoms with Gasteiger partial charge < -0.3 is 5.73 Å². The van der Waals surface area contributed by atoms with Crippen molar-refractivity contribution in [3.05, 3.63) is 64.7 Å². The highest BCUT2D eigenvalue weighted by Gasteiger charge is 2.16. The van der Waals surface area contributed by atoms with E-state index in [1.54, 1.807) is 12.1 Å². The van der Waals surface area contributed by atoms with Gasteiger partial charge in [-0.2, -0.15) is 0 Å². The number of aryl methyl sites for hydroxylation is 2. The molecule has 0 fully saturated rings. The summed E-state index contributed by atoms with van der Waals surface area (Å²) in [4.78, 5) is 0.374. The molecule has 0 aliphatic carbocycles. The second-order valence-corrected chi connectivity index (χ2v) is 7.02. The smallest absolute Gasteiger partial charge is 0.182 e. The van der Waals surface area contributed by atoms with Gasteiger partial charge in [-0.15, -0.1) is 0 Å². The van der Waals surface area contributed by atoms with Crippen molar-refractivity contribution in [2.24, 2.45) is 5.73 Å². The van der Waals surface area contributed by atoms with Gasteiger partial charge in [-0.25, -0.2) is 8.42 Å². The molecule has 106 valence electrons. The van der Waals surface area contributed by atoms with E-state index in [2.05, 4.69) is 0 Å². The van der Waals surface area contributed by atoms with Crippen LogP contribution in [0, 0.1) is 13.8 Å². The van der Waals surface area contributed by atoms with Crippen LogP contribution in [0.25, 0.3) is 0 Å². The van der Waals surface area contributed by atoms with Crippen LogP contribution in [-0.4, -0.2) is 8.42 Å². The molecular weight excluding hydrogens is 270 g/mol. The van der Waals surface area contributed by atoms with Gasteiger partial charge in [-0.1, -0.05) is 30.3 Å². The minimum atomic E-state index is -3.32. The van der Waals surface area contributed by atoms with Crippen LogP contribution < -0.4 is 5.73 Å². The van der Waals surface area contributed by atoms with E-state index in [1.807, 2.05) is 44.2 Å². The van der Waals surface area contributed by atoms with Crippen molar-refractivity contribution in [1.29, 1.82) is 0 Å². The third-order valence-corrected chi connectivity index (χ3v) is 5.11. The van der Waals surface area contributed by atoms with Crippen molar-refractivity contribution in [1.82, 2.24) is 0 Å². The summed E-state index contributed by atoms with van der Waals surface area (Å²) in [6, 6.07) is 12.6. The third-order valence-electron chi connectivity index (χ3n) is 3.42. The Kier molecular flexibility index (Phi) is 4.26. The zero-order chi connectivity index (χ0) is 14.8. The lowest BCUT2D eigenvalue weighted by Crippen LogP contribution is -2.06. The maximum Gasteiger partial charge on any atom is 0.182 e. The van der Waals surface area contributed by atoms with E-state index in [4.69, 9.17) is 5.73 Å².